The number of pyridine rings is 1. The first kappa shape index (κ1) is 56.6. The Morgan fingerprint density at radius 1 is 0.919 bits per heavy atom. The van der Waals surface area contributed by atoms with Crippen LogP contribution < -0.4 is 20.7 Å². The fraction of sp³-hybridized carbons (Fsp3) is 0.500. The number of aliphatic hydroxyl groups is 3. The molecule has 3 heterocycles. The quantitative estimate of drug-likeness (QED) is 0.0234. The van der Waals surface area contributed by atoms with E-state index < -0.39 is 60.2 Å². The number of benzene rings is 2. The number of Topliss-reactive ketones (excluding diaryl/α,β-unsaturated/α-hetero) is 1. The highest BCUT2D eigenvalue weighted by Gasteiger charge is 2.42. The number of carbonyl (C=O) groups excluding carboxylic acids is 7. The van der Waals surface area contributed by atoms with Gasteiger partial charge in [0.2, 0.25) is 12.2 Å². The van der Waals surface area contributed by atoms with Gasteiger partial charge in [0, 0.05) is 62.4 Å². The summed E-state index contributed by atoms with van der Waals surface area (Å²) in [7, 11) is 7.84. The number of ketones is 1. The van der Waals surface area contributed by atoms with Gasteiger partial charge in [-0.05, 0) is 92.6 Å². The number of ether oxygens (including phenoxy) is 3. The molecule has 2 aromatic carbocycles. The number of aryl methyl sites for hydroxylation is 1. The van der Waals surface area contributed by atoms with Crippen molar-refractivity contribution in [2.75, 3.05) is 50.5 Å². The number of nitrogens with one attached hydrogen (secondary N) is 3. The molecule has 5 atom stereocenters. The molecule has 3 unspecified atom stereocenters. The number of rotatable bonds is 25. The molecule has 0 bridgehead atoms. The molecule has 21 nitrogen and oxygen atoms in total. The molecule has 6 amide bonds. The lowest BCUT2D eigenvalue weighted by Gasteiger charge is -2.36. The number of esters is 1. The van der Waals surface area contributed by atoms with Crippen LogP contribution >= 0.6 is 0 Å². The van der Waals surface area contributed by atoms with Crippen molar-refractivity contribution in [1.82, 2.24) is 25.2 Å². The van der Waals surface area contributed by atoms with Gasteiger partial charge in [-0.1, -0.05) is 44.2 Å². The Bertz CT molecular complexity index is 2470. The summed E-state index contributed by atoms with van der Waals surface area (Å²) in [6, 6.07) is 12.8. The van der Waals surface area contributed by atoms with E-state index in [0.717, 1.165) is 63.5 Å². The number of amides is 6. The maximum absolute atomic E-state index is 13.6. The van der Waals surface area contributed by atoms with Crippen LogP contribution in [-0.2, 0) is 51.3 Å². The zero-order valence-corrected chi connectivity index (χ0v) is 42.0. The lowest BCUT2D eigenvalue weighted by atomic mass is 9.74. The third-order valence-electron chi connectivity index (χ3n) is 12.9. The molecule has 6 N–H and O–H groups in total. The molecule has 1 saturated carbocycles. The number of hydrogen-bond donors (Lipinski definition) is 6. The third-order valence-corrected chi connectivity index (χ3v) is 12.9. The van der Waals surface area contributed by atoms with Gasteiger partial charge in [-0.2, -0.15) is 0 Å². The Kier molecular flexibility index (Phi) is 20.6. The van der Waals surface area contributed by atoms with E-state index in [1.807, 2.05) is 0 Å². The average molecular weight is 1020 g/mol. The molecular formula is C52H66BN7O14. The van der Waals surface area contributed by atoms with Crippen LogP contribution in [0.15, 0.2) is 73.1 Å². The average Bonchev–Trinajstić information content (AvgIpc) is 3.74. The SMILES string of the molecule is [B]C(C)(C(=O)CNc1cc(COC(=O)Cc2cccc(C(=O)N(C)CCON(C(=O)CCCCCCNC(=O)Nc3ccncc3)C3CCCCC3)c2)cc(C)c1OC1OCC(O)[C@H](O)[C@@H]1O)N1C(=O)C=CC1=O. The topological polar surface area (TPSA) is 276 Å². The van der Waals surface area contributed by atoms with Crippen LogP contribution in [0.2, 0.25) is 0 Å². The van der Waals surface area contributed by atoms with Crippen LogP contribution in [0.1, 0.15) is 98.2 Å². The number of likely N-dealkylation sites (N-methyl/N-ethyl adjacent to an activating group) is 1. The number of aromatic nitrogens is 1. The first-order valence-corrected chi connectivity index (χ1v) is 24.9. The summed E-state index contributed by atoms with van der Waals surface area (Å²) in [5.41, 5.74) is 0.458. The van der Waals surface area contributed by atoms with Crippen molar-refractivity contribution in [3.63, 3.8) is 0 Å². The number of urea groups is 1. The van der Waals surface area contributed by atoms with Crippen molar-refractivity contribution < 1.29 is 67.9 Å². The molecule has 396 valence electrons. The van der Waals surface area contributed by atoms with Crippen molar-refractivity contribution in [3.05, 3.63) is 95.3 Å². The molecule has 0 spiro atoms. The largest absolute Gasteiger partial charge is 0.461 e. The lowest BCUT2D eigenvalue weighted by molar-refractivity contribution is -0.241. The molecule has 3 aromatic rings. The summed E-state index contributed by atoms with van der Waals surface area (Å²) in [4.78, 5) is 103. The monoisotopic (exact) mass is 1020 g/mol. The Labute approximate surface area is 431 Å². The number of imide groups is 1. The fourth-order valence-corrected chi connectivity index (χ4v) is 8.72. The Morgan fingerprint density at radius 3 is 2.36 bits per heavy atom. The predicted molar refractivity (Wildman–Crippen MR) is 269 cm³/mol. The highest BCUT2D eigenvalue weighted by atomic mass is 16.7. The number of unbranched alkanes of at least 4 members (excludes halogenated alkanes) is 3. The van der Waals surface area contributed by atoms with Crippen molar-refractivity contribution in [1.29, 1.82) is 0 Å². The van der Waals surface area contributed by atoms with E-state index in [1.54, 1.807) is 68.8 Å². The molecule has 3 aliphatic rings. The van der Waals surface area contributed by atoms with Crippen molar-refractivity contribution in [2.45, 2.75) is 127 Å². The Morgan fingerprint density at radius 2 is 1.64 bits per heavy atom. The molecular weight excluding hydrogens is 957 g/mol. The summed E-state index contributed by atoms with van der Waals surface area (Å²) in [6.07, 6.45) is 7.20. The number of aliphatic hydroxyl groups excluding tert-OH is 3. The first-order valence-electron chi connectivity index (χ1n) is 24.9. The van der Waals surface area contributed by atoms with Gasteiger partial charge >= 0.3 is 12.0 Å². The summed E-state index contributed by atoms with van der Waals surface area (Å²) in [6.45, 7) is 2.54. The fourth-order valence-electron chi connectivity index (χ4n) is 8.72. The molecule has 74 heavy (non-hydrogen) atoms. The van der Waals surface area contributed by atoms with Gasteiger partial charge in [-0.3, -0.25) is 43.5 Å². The van der Waals surface area contributed by atoms with E-state index in [1.165, 1.54) is 23.0 Å². The zero-order chi connectivity index (χ0) is 53.4. The lowest BCUT2D eigenvalue weighted by Crippen LogP contribution is -2.57. The van der Waals surface area contributed by atoms with E-state index in [4.69, 9.17) is 26.9 Å². The van der Waals surface area contributed by atoms with E-state index in [0.29, 0.717) is 52.2 Å². The summed E-state index contributed by atoms with van der Waals surface area (Å²) in [5, 5.41) is 40.8. The minimum atomic E-state index is -2.03. The smallest absolute Gasteiger partial charge is 0.319 e. The van der Waals surface area contributed by atoms with Gasteiger partial charge in [0.05, 0.1) is 43.3 Å². The number of anilines is 2. The van der Waals surface area contributed by atoms with Crippen LogP contribution in [-0.4, -0.2) is 160 Å². The van der Waals surface area contributed by atoms with Crippen molar-refractivity contribution >= 4 is 60.6 Å². The van der Waals surface area contributed by atoms with Crippen LogP contribution in [0.3, 0.4) is 0 Å². The van der Waals surface area contributed by atoms with Gasteiger partial charge in [0.15, 0.2) is 5.78 Å². The number of nitrogens with zero attached hydrogens (tertiary/aromatic N) is 4. The van der Waals surface area contributed by atoms with E-state index >= 15 is 0 Å². The van der Waals surface area contributed by atoms with E-state index in [2.05, 4.69) is 20.9 Å². The van der Waals surface area contributed by atoms with Gasteiger partial charge in [0.25, 0.3) is 17.7 Å². The molecule has 2 fully saturated rings. The first-order chi connectivity index (χ1) is 35.4. The Balaban J connectivity index is 0.991. The maximum Gasteiger partial charge on any atom is 0.319 e. The summed E-state index contributed by atoms with van der Waals surface area (Å²) in [5.74, 6) is -3.23. The summed E-state index contributed by atoms with van der Waals surface area (Å²) < 4.78 is 17.0. The minimum Gasteiger partial charge on any atom is -0.461 e. The van der Waals surface area contributed by atoms with Gasteiger partial charge in [0.1, 0.15) is 38.5 Å². The second kappa shape index (κ2) is 27.0. The van der Waals surface area contributed by atoms with Gasteiger partial charge < -0.3 is 50.4 Å². The van der Waals surface area contributed by atoms with Crippen molar-refractivity contribution in [3.8, 4) is 5.75 Å². The van der Waals surface area contributed by atoms with Crippen LogP contribution in [0.25, 0.3) is 0 Å². The number of hydroxylamine groups is 2. The van der Waals surface area contributed by atoms with E-state index in [9.17, 15) is 48.9 Å². The van der Waals surface area contributed by atoms with E-state index in [-0.39, 0.29) is 68.1 Å². The molecule has 2 aliphatic heterocycles. The molecule has 22 heteroatoms. The predicted octanol–water partition coefficient (Wildman–Crippen LogP) is 3.22. The van der Waals surface area contributed by atoms with Crippen molar-refractivity contribution in [2.24, 2.45) is 0 Å². The standard InChI is InChI=1S/C52H66BN7O14/c1-33-26-35(28-39(48(33)74-50-47(68)46(67)40(61)32-72-50)56-30-41(62)52(2,53)59-42(63)17-18-43(59)64)31-71-45(66)29-34-12-11-13-36(27-34)49(69)58(3)24-25-73-60(38-14-7-6-8-15-38)44(65)16-9-4-5-10-21-55-51(70)57-37-19-22-54-23-20-37/h11-13,17-20,22-23,26-28,38,40,46-47,50,56,61,67-68H,4-10,14-16,21,24-25,29-32H2,1-3H3,(H2,54,55,57,70)/t40?,46-,47-,50?,52?/m0/s1. The zero-order valence-electron chi connectivity index (χ0n) is 42.0. The maximum atomic E-state index is 13.6. The second-order valence-corrected chi connectivity index (χ2v) is 18.8. The molecule has 1 saturated heterocycles. The number of carbonyl (C=O) groups is 7. The normalized spacial score (nSPS) is 19.6. The highest BCUT2D eigenvalue weighted by Crippen LogP contribution is 2.34. The summed E-state index contributed by atoms with van der Waals surface area (Å²) >= 11 is 0. The molecule has 2 radical (unpaired) electrons. The molecule has 1 aliphatic carbocycles. The van der Waals surface area contributed by atoms with Crippen LogP contribution in [0.4, 0.5) is 16.2 Å². The van der Waals surface area contributed by atoms with Gasteiger partial charge in [-0.15, -0.1) is 0 Å². The molecule has 6 rings (SSSR count). The van der Waals surface area contributed by atoms with Crippen LogP contribution in [0.5, 0.6) is 5.75 Å². The minimum absolute atomic E-state index is 0.0405. The molecule has 1 aromatic heterocycles. The van der Waals surface area contributed by atoms with Gasteiger partial charge in [-0.25, -0.2) is 9.86 Å². The third kappa shape index (κ3) is 15.7. The number of hydrogen-bond acceptors (Lipinski definition) is 16. The van der Waals surface area contributed by atoms with Crippen LogP contribution in [0, 0.1) is 6.92 Å². The second-order valence-electron chi connectivity index (χ2n) is 18.8. The Hall–Kier alpha value is -6.72. The highest BCUT2D eigenvalue weighted by molar-refractivity contribution is 6.34.